The molecule has 0 saturated carbocycles. The van der Waals surface area contributed by atoms with Gasteiger partial charge in [-0.05, 0) is 46.2 Å². The Morgan fingerprint density at radius 1 is 0.422 bits per heavy atom. The number of pyridine rings is 4. The minimum absolute atomic E-state index is 0.108. The van der Waals surface area contributed by atoms with Crippen molar-refractivity contribution >= 4 is 16.0 Å². The van der Waals surface area contributed by atoms with Crippen molar-refractivity contribution < 1.29 is 86.8 Å². The molecule has 0 bridgehead atoms. The van der Waals surface area contributed by atoms with Gasteiger partial charge in [-0.25, -0.2) is 0 Å². The molecule has 0 aliphatic heterocycles. The molecule has 22 heteroatoms. The van der Waals surface area contributed by atoms with Crippen LogP contribution in [0.5, 0.6) is 0 Å². The molecule has 4 heterocycles. The van der Waals surface area contributed by atoms with Crippen molar-refractivity contribution in [3.63, 3.8) is 0 Å². The maximum atomic E-state index is 14.8. The summed E-state index contributed by atoms with van der Waals surface area (Å²) in [5.74, 6) is -4.45. The Morgan fingerprint density at radius 2 is 0.750 bits per heavy atom. The fraction of sp³-hybridized carbons (Fsp3) is 0.238. The molecule has 0 spiro atoms. The van der Waals surface area contributed by atoms with Gasteiger partial charge in [-0.2, -0.15) is 0 Å². The summed E-state index contributed by atoms with van der Waals surface area (Å²) < 4.78 is 194. The van der Waals surface area contributed by atoms with Crippen LogP contribution in [0.1, 0.15) is 63.8 Å². The monoisotopic (exact) mass is 1120 g/mol. The zero-order valence-corrected chi connectivity index (χ0v) is 37.1. The molecule has 4 nitrogen and oxygen atoms in total. The molecule has 64 heavy (non-hydrogen) atoms. The zero-order valence-electron chi connectivity index (χ0n) is 33.9. The molecule has 0 amide bonds. The molecular weight excluding hydrogens is 1090 g/mol. The van der Waals surface area contributed by atoms with Crippen molar-refractivity contribution in [1.82, 2.24) is 19.9 Å². The number of aromatic nitrogens is 4. The molecule has 0 N–H and O–H groups in total. The molecule has 348 valence electrons. The SMILES string of the molecule is CC(C)(C)c1ccnc(-c2cc(C(C)(C)C)ccn2)c1.F[P-](F)(F)(F)(F)F.Fc1cc(F)c(-c2ccc(C(F)(F)F)cn2)[c]([Ir+][c]2cc(F)cc(F)c2-c2ccc(C(F)(F)F)cn2)c1. The first-order valence-corrected chi connectivity index (χ1v) is 22.4. The maximum absolute atomic E-state index is 14.8. The number of nitrogens with zero attached hydrogens (tertiary/aromatic N) is 4. The van der Waals surface area contributed by atoms with Crippen LogP contribution < -0.4 is 8.15 Å². The van der Waals surface area contributed by atoms with Crippen LogP contribution >= 0.6 is 7.81 Å². The Labute approximate surface area is 363 Å². The third-order valence-corrected chi connectivity index (χ3v) is 11.5. The van der Waals surface area contributed by atoms with Gasteiger partial charge in [-0.15, -0.1) is 0 Å². The summed E-state index contributed by atoms with van der Waals surface area (Å²) in [6.07, 6.45) is -4.76. The van der Waals surface area contributed by atoms with Crippen LogP contribution in [0.2, 0.25) is 0 Å². The van der Waals surface area contributed by atoms with E-state index in [1.165, 1.54) is 11.1 Å². The summed E-state index contributed by atoms with van der Waals surface area (Å²) in [6, 6.07) is 14.2. The van der Waals surface area contributed by atoms with E-state index in [0.717, 1.165) is 35.7 Å². The average molecular weight is 1120 g/mol. The number of benzene rings is 2. The van der Waals surface area contributed by atoms with Crippen molar-refractivity contribution in [3.05, 3.63) is 143 Å². The standard InChI is InChI=1S/C18H24N2.2C12H5F5N.F6P.Ir/c1-17(2,3)13-7-9-19-15(11-13)16-12-14(8-10-20-16)18(4,5)6;2*13-8-2-3-9(10(14)5-8)11-4-1-7(6-18-11)12(15,16)17;1-7(2,3,4,5)6;/h7-12H,1-6H3;2*1-2,4-6H;;/q;;;-1;+1. The Kier molecular flexibility index (Phi) is 14.3. The first-order chi connectivity index (χ1) is 28.9. The molecule has 6 aromatic rings. The number of alkyl halides is 6. The average Bonchev–Trinajstić information content (AvgIpc) is 3.12. The third-order valence-electron chi connectivity index (χ3n) is 8.37. The van der Waals surface area contributed by atoms with E-state index in [1.54, 1.807) is 0 Å². The van der Waals surface area contributed by atoms with E-state index in [4.69, 9.17) is 0 Å². The molecule has 4 aromatic heterocycles. The molecule has 0 atom stereocenters. The number of halogens is 16. The molecule has 0 fully saturated rings. The molecule has 6 rings (SSSR count). The van der Waals surface area contributed by atoms with Gasteiger partial charge in [0.2, 0.25) is 0 Å². The van der Waals surface area contributed by atoms with Crippen LogP contribution in [0.15, 0.2) is 97.6 Å². The van der Waals surface area contributed by atoms with Crippen molar-refractivity contribution in [2.24, 2.45) is 0 Å². The summed E-state index contributed by atoms with van der Waals surface area (Å²) in [7, 11) is -10.7. The van der Waals surface area contributed by atoms with Gasteiger partial charge in [0.05, 0.1) is 11.4 Å². The fourth-order valence-corrected chi connectivity index (χ4v) is 8.75. The van der Waals surface area contributed by atoms with Crippen LogP contribution in [0, 0.1) is 23.3 Å². The van der Waals surface area contributed by atoms with E-state index in [-0.39, 0.29) is 41.5 Å². The van der Waals surface area contributed by atoms with Gasteiger partial charge in [-0.3, -0.25) is 9.97 Å². The first kappa shape index (κ1) is 51.6. The molecule has 0 radical (unpaired) electrons. The predicted molar refractivity (Wildman–Crippen MR) is 207 cm³/mol. The number of rotatable bonds is 5. The second kappa shape index (κ2) is 17.8. The van der Waals surface area contributed by atoms with Crippen molar-refractivity contribution in [1.29, 1.82) is 0 Å². The molecule has 0 saturated heterocycles. The topological polar surface area (TPSA) is 51.6 Å². The Hall–Kier alpha value is -5.00. The van der Waals surface area contributed by atoms with Gasteiger partial charge in [0.25, 0.3) is 0 Å². The van der Waals surface area contributed by atoms with Crippen LogP contribution in [0.4, 0.5) is 69.1 Å². The van der Waals surface area contributed by atoms with Gasteiger partial charge in [-0.1, -0.05) is 41.5 Å². The summed E-state index contributed by atoms with van der Waals surface area (Å²) in [6.45, 7) is 13.3. The van der Waals surface area contributed by atoms with Gasteiger partial charge in [0.1, 0.15) is 0 Å². The van der Waals surface area contributed by atoms with E-state index in [1.807, 2.05) is 12.4 Å². The van der Waals surface area contributed by atoms with Gasteiger partial charge in [0.15, 0.2) is 0 Å². The van der Waals surface area contributed by atoms with Crippen molar-refractivity contribution in [2.75, 3.05) is 0 Å². The van der Waals surface area contributed by atoms with E-state index >= 15 is 0 Å². The number of hydrogen-bond donors (Lipinski definition) is 0. The quantitative estimate of drug-likeness (QED) is 0.128. The molecule has 0 aliphatic rings. The molecule has 2 aromatic carbocycles. The van der Waals surface area contributed by atoms with Gasteiger partial charge < -0.3 is 0 Å². The summed E-state index contributed by atoms with van der Waals surface area (Å²) >= 11 is -2.06. The van der Waals surface area contributed by atoms with E-state index in [0.29, 0.717) is 36.7 Å². The predicted octanol–water partition coefficient (Wildman–Crippen LogP) is 14.6. The van der Waals surface area contributed by atoms with Gasteiger partial charge >= 0.3 is 243 Å². The van der Waals surface area contributed by atoms with E-state index < -0.39 is 72.3 Å². The molecule has 0 unspecified atom stereocenters. The Balaban J connectivity index is 0.000000277. The fourth-order valence-electron chi connectivity index (χ4n) is 5.26. The normalized spacial score (nSPS) is 13.5. The van der Waals surface area contributed by atoms with Crippen molar-refractivity contribution in [3.8, 4) is 33.9 Å². The summed E-state index contributed by atoms with van der Waals surface area (Å²) in [5.41, 5.74) is 1.18. The van der Waals surface area contributed by atoms with Crippen LogP contribution in [0.3, 0.4) is 0 Å². The Bertz CT molecular complexity index is 2430. The summed E-state index contributed by atoms with van der Waals surface area (Å²) in [4.78, 5) is 16.2. The van der Waals surface area contributed by atoms with E-state index in [2.05, 4.69) is 85.7 Å². The second-order valence-corrected chi connectivity index (χ2v) is 20.8. The summed E-state index contributed by atoms with van der Waals surface area (Å²) in [5, 5.41) is 0. The van der Waals surface area contributed by atoms with E-state index in [9.17, 15) is 69.1 Å². The zero-order chi connectivity index (χ0) is 48.5. The molecular formula is C42H34F16IrN4P. The third kappa shape index (κ3) is 15.6. The van der Waals surface area contributed by atoms with Crippen LogP contribution in [-0.4, -0.2) is 19.9 Å². The minimum atomic E-state index is -10.7. The Morgan fingerprint density at radius 3 is 1.02 bits per heavy atom. The molecule has 0 aliphatic carbocycles. The second-order valence-electron chi connectivity index (χ2n) is 15.7. The van der Waals surface area contributed by atoms with Gasteiger partial charge in [0, 0.05) is 12.4 Å². The van der Waals surface area contributed by atoms with Crippen LogP contribution in [-0.2, 0) is 40.9 Å². The van der Waals surface area contributed by atoms with Crippen molar-refractivity contribution in [2.45, 2.75) is 64.7 Å². The first-order valence-electron chi connectivity index (χ1n) is 18.0. The van der Waals surface area contributed by atoms with Crippen LogP contribution in [0.25, 0.3) is 33.9 Å². The number of hydrogen-bond acceptors (Lipinski definition) is 4.